The normalized spacial score (nSPS) is 16.6. The maximum absolute atomic E-state index is 12.5. The third kappa shape index (κ3) is 3.50. The zero-order valence-corrected chi connectivity index (χ0v) is 13.3. The molecule has 1 aromatic rings. The number of amides is 1. The van der Waals surface area contributed by atoms with E-state index in [9.17, 15) is 4.79 Å². The number of rotatable bonds is 4. The summed E-state index contributed by atoms with van der Waals surface area (Å²) in [5.41, 5.74) is 6.34. The molecule has 0 aliphatic carbocycles. The standard InChI is InChI=1S/C12H19N5OS2/c1-8(2)10-11(20-15-14-10)12(18)17-5-3-16(4-6-17)7-9(13)19/h8H,3-7H2,1-2H3,(H2,13,19). The van der Waals surface area contributed by atoms with Gasteiger partial charge < -0.3 is 10.6 Å². The van der Waals surface area contributed by atoms with Crippen molar-refractivity contribution in [3.63, 3.8) is 0 Å². The van der Waals surface area contributed by atoms with E-state index in [-0.39, 0.29) is 11.8 Å². The first-order chi connectivity index (χ1) is 9.49. The molecule has 8 heteroatoms. The van der Waals surface area contributed by atoms with Gasteiger partial charge in [0.05, 0.1) is 10.7 Å². The molecule has 1 amide bonds. The van der Waals surface area contributed by atoms with Crippen LogP contribution in [0.2, 0.25) is 0 Å². The SMILES string of the molecule is CC(C)c1nnsc1C(=O)N1CCN(CC(N)=S)CC1. The topological polar surface area (TPSA) is 75.4 Å². The van der Waals surface area contributed by atoms with Crippen LogP contribution >= 0.6 is 23.8 Å². The largest absolute Gasteiger partial charge is 0.392 e. The fraction of sp³-hybridized carbons (Fsp3) is 0.667. The zero-order chi connectivity index (χ0) is 14.7. The van der Waals surface area contributed by atoms with Crippen molar-refractivity contribution in [1.82, 2.24) is 19.4 Å². The smallest absolute Gasteiger partial charge is 0.267 e. The van der Waals surface area contributed by atoms with Crippen molar-refractivity contribution in [1.29, 1.82) is 0 Å². The van der Waals surface area contributed by atoms with Gasteiger partial charge in [-0.1, -0.05) is 30.6 Å². The van der Waals surface area contributed by atoms with E-state index in [0.717, 1.165) is 18.8 Å². The first-order valence-electron chi connectivity index (χ1n) is 6.61. The molecule has 0 saturated carbocycles. The van der Waals surface area contributed by atoms with Crippen molar-refractivity contribution in [2.24, 2.45) is 5.73 Å². The summed E-state index contributed by atoms with van der Waals surface area (Å²) >= 11 is 6.09. The molecule has 2 rings (SSSR count). The number of nitrogens with two attached hydrogens (primary N) is 1. The van der Waals surface area contributed by atoms with Crippen LogP contribution in [0.15, 0.2) is 0 Å². The van der Waals surface area contributed by atoms with Crippen LogP contribution in [0, 0.1) is 0 Å². The molecule has 0 radical (unpaired) electrons. The summed E-state index contributed by atoms with van der Waals surface area (Å²) in [6.07, 6.45) is 0. The second-order valence-electron chi connectivity index (χ2n) is 5.18. The minimum atomic E-state index is 0.0404. The van der Waals surface area contributed by atoms with Gasteiger partial charge >= 0.3 is 0 Å². The van der Waals surface area contributed by atoms with Crippen molar-refractivity contribution in [2.45, 2.75) is 19.8 Å². The lowest BCUT2D eigenvalue weighted by molar-refractivity contribution is 0.0657. The van der Waals surface area contributed by atoms with Crippen LogP contribution in [-0.4, -0.2) is 63.0 Å². The van der Waals surface area contributed by atoms with E-state index in [2.05, 4.69) is 14.5 Å². The van der Waals surface area contributed by atoms with E-state index >= 15 is 0 Å². The van der Waals surface area contributed by atoms with Gasteiger partial charge in [-0.3, -0.25) is 9.69 Å². The number of carbonyl (C=O) groups is 1. The number of carbonyl (C=O) groups excluding carboxylic acids is 1. The van der Waals surface area contributed by atoms with Gasteiger partial charge in [0.15, 0.2) is 0 Å². The summed E-state index contributed by atoms with van der Waals surface area (Å²) in [5.74, 6) is 0.252. The fourth-order valence-electron chi connectivity index (χ4n) is 2.20. The minimum Gasteiger partial charge on any atom is -0.392 e. The number of hydrogen-bond donors (Lipinski definition) is 1. The number of piperazine rings is 1. The molecule has 0 atom stereocenters. The van der Waals surface area contributed by atoms with E-state index < -0.39 is 0 Å². The summed E-state index contributed by atoms with van der Waals surface area (Å²) in [6, 6.07) is 0. The van der Waals surface area contributed by atoms with Gasteiger partial charge in [-0.25, -0.2) is 0 Å². The molecule has 20 heavy (non-hydrogen) atoms. The van der Waals surface area contributed by atoms with Crippen molar-refractivity contribution >= 4 is 34.6 Å². The molecule has 1 saturated heterocycles. The Labute approximate surface area is 128 Å². The lowest BCUT2D eigenvalue weighted by atomic mass is 10.1. The number of thiocarbonyl (C=S) groups is 1. The van der Waals surface area contributed by atoms with Gasteiger partial charge in [-0.05, 0) is 17.5 Å². The lowest BCUT2D eigenvalue weighted by Gasteiger charge is -2.34. The van der Waals surface area contributed by atoms with Gasteiger partial charge in [0.25, 0.3) is 5.91 Å². The van der Waals surface area contributed by atoms with Crippen molar-refractivity contribution in [2.75, 3.05) is 32.7 Å². The highest BCUT2D eigenvalue weighted by molar-refractivity contribution is 7.80. The molecule has 1 aliphatic rings. The molecular weight excluding hydrogens is 294 g/mol. The fourth-order valence-corrected chi connectivity index (χ4v) is 3.17. The third-order valence-electron chi connectivity index (χ3n) is 3.29. The maximum Gasteiger partial charge on any atom is 0.267 e. The Hall–Kier alpha value is -1.12. The molecular formula is C12H19N5OS2. The van der Waals surface area contributed by atoms with Crippen molar-refractivity contribution in [3.8, 4) is 0 Å². The summed E-state index contributed by atoms with van der Waals surface area (Å²) < 4.78 is 3.91. The van der Waals surface area contributed by atoms with Crippen LogP contribution in [0.1, 0.15) is 35.1 Å². The molecule has 6 nitrogen and oxygen atoms in total. The second-order valence-corrected chi connectivity index (χ2v) is 6.46. The number of aromatic nitrogens is 2. The highest BCUT2D eigenvalue weighted by atomic mass is 32.1. The molecule has 1 aliphatic heterocycles. The molecule has 110 valence electrons. The Morgan fingerprint density at radius 1 is 1.40 bits per heavy atom. The first-order valence-corrected chi connectivity index (χ1v) is 7.79. The molecule has 2 N–H and O–H groups in total. The van der Waals surface area contributed by atoms with Gasteiger partial charge in [0.2, 0.25) is 0 Å². The summed E-state index contributed by atoms with van der Waals surface area (Å²) in [7, 11) is 0. The van der Waals surface area contributed by atoms with E-state index in [1.807, 2.05) is 18.7 Å². The molecule has 2 heterocycles. The Morgan fingerprint density at radius 3 is 2.60 bits per heavy atom. The molecule has 0 bridgehead atoms. The van der Waals surface area contributed by atoms with E-state index in [1.165, 1.54) is 11.5 Å². The second kappa shape index (κ2) is 6.55. The van der Waals surface area contributed by atoms with Gasteiger partial charge in [0.1, 0.15) is 4.88 Å². The monoisotopic (exact) mass is 313 g/mol. The molecule has 1 fully saturated rings. The van der Waals surface area contributed by atoms with Gasteiger partial charge in [-0.2, -0.15) is 0 Å². The number of hydrogen-bond acceptors (Lipinski definition) is 6. The van der Waals surface area contributed by atoms with E-state index in [0.29, 0.717) is 29.5 Å². The van der Waals surface area contributed by atoms with Crippen LogP contribution in [0.25, 0.3) is 0 Å². The van der Waals surface area contributed by atoms with Crippen LogP contribution in [0.4, 0.5) is 0 Å². The van der Waals surface area contributed by atoms with Gasteiger partial charge in [0, 0.05) is 32.7 Å². The van der Waals surface area contributed by atoms with Gasteiger partial charge in [-0.15, -0.1) is 5.10 Å². The van der Waals surface area contributed by atoms with E-state index in [4.69, 9.17) is 18.0 Å². The van der Waals surface area contributed by atoms with Crippen LogP contribution in [0.5, 0.6) is 0 Å². The maximum atomic E-state index is 12.5. The molecule has 0 unspecified atom stereocenters. The van der Waals surface area contributed by atoms with Crippen LogP contribution in [-0.2, 0) is 0 Å². The minimum absolute atomic E-state index is 0.0404. The molecule has 1 aromatic heterocycles. The molecule has 0 aromatic carbocycles. The first kappa shape index (κ1) is 15.3. The Balaban J connectivity index is 1.98. The highest BCUT2D eigenvalue weighted by Crippen LogP contribution is 2.21. The zero-order valence-electron chi connectivity index (χ0n) is 11.7. The van der Waals surface area contributed by atoms with Crippen LogP contribution in [0.3, 0.4) is 0 Å². The predicted octanol–water partition coefficient (Wildman–Crippen LogP) is 0.705. The summed E-state index contributed by atoms with van der Waals surface area (Å²) in [4.78, 5) is 17.7. The third-order valence-corrected chi connectivity index (χ3v) is 4.15. The van der Waals surface area contributed by atoms with Crippen molar-refractivity contribution in [3.05, 3.63) is 10.6 Å². The average Bonchev–Trinajstić information content (AvgIpc) is 2.87. The van der Waals surface area contributed by atoms with Crippen molar-refractivity contribution < 1.29 is 4.79 Å². The quantitative estimate of drug-likeness (QED) is 0.825. The molecule has 0 spiro atoms. The van der Waals surface area contributed by atoms with Crippen LogP contribution < -0.4 is 5.73 Å². The average molecular weight is 313 g/mol. The predicted molar refractivity (Wildman–Crippen MR) is 83.1 cm³/mol. The highest BCUT2D eigenvalue weighted by Gasteiger charge is 2.26. The lowest BCUT2D eigenvalue weighted by Crippen LogP contribution is -2.50. The summed E-state index contributed by atoms with van der Waals surface area (Å²) in [6.45, 7) is 7.64. The number of nitrogens with zero attached hydrogens (tertiary/aromatic N) is 4. The summed E-state index contributed by atoms with van der Waals surface area (Å²) in [5, 5.41) is 4.06. The Morgan fingerprint density at radius 2 is 2.05 bits per heavy atom. The Kier molecular flexibility index (Phi) is 5.00. The Bertz CT molecular complexity index is 494. The van der Waals surface area contributed by atoms with E-state index in [1.54, 1.807) is 0 Å².